The molecule has 0 saturated carbocycles. The lowest BCUT2D eigenvalue weighted by Gasteiger charge is -2.13. The van der Waals surface area contributed by atoms with Gasteiger partial charge < -0.3 is 9.67 Å². The van der Waals surface area contributed by atoms with Crippen molar-refractivity contribution in [2.24, 2.45) is 7.05 Å². The molecule has 0 fully saturated rings. The number of hydrogen-bond acceptors (Lipinski definition) is 4. The Morgan fingerprint density at radius 3 is 2.53 bits per heavy atom. The van der Waals surface area contributed by atoms with Gasteiger partial charge in [0.25, 0.3) is 0 Å². The van der Waals surface area contributed by atoms with Gasteiger partial charge in [-0.3, -0.25) is 0 Å². The van der Waals surface area contributed by atoms with E-state index < -0.39 is 6.10 Å². The normalized spacial score (nSPS) is 12.7. The van der Waals surface area contributed by atoms with Gasteiger partial charge in [0, 0.05) is 11.9 Å². The fraction of sp³-hybridized carbons (Fsp3) is 0.385. The minimum atomic E-state index is -0.730. The van der Waals surface area contributed by atoms with E-state index in [9.17, 15) is 9.50 Å². The van der Waals surface area contributed by atoms with Crippen LogP contribution in [0.15, 0.2) is 22.2 Å². The van der Waals surface area contributed by atoms with Gasteiger partial charge >= 0.3 is 0 Å². The SMILES string of the molecule is Cc1cc(Sc2nnc(C)n2C)c([C@H](C)O)cc1F. The van der Waals surface area contributed by atoms with Crippen LogP contribution >= 0.6 is 11.8 Å². The van der Waals surface area contributed by atoms with Crippen molar-refractivity contribution in [1.82, 2.24) is 14.8 Å². The highest BCUT2D eigenvalue weighted by atomic mass is 32.2. The molecule has 0 saturated heterocycles. The summed E-state index contributed by atoms with van der Waals surface area (Å²) in [6, 6.07) is 3.11. The highest BCUT2D eigenvalue weighted by molar-refractivity contribution is 7.99. The number of nitrogens with zero attached hydrogens (tertiary/aromatic N) is 3. The van der Waals surface area contributed by atoms with Gasteiger partial charge in [-0.25, -0.2) is 4.39 Å². The van der Waals surface area contributed by atoms with Crippen LogP contribution in [0.2, 0.25) is 0 Å². The lowest BCUT2D eigenvalue weighted by atomic mass is 10.1. The average molecular weight is 281 g/mol. The molecule has 0 spiro atoms. The zero-order valence-corrected chi connectivity index (χ0v) is 12.1. The third-order valence-electron chi connectivity index (χ3n) is 3.00. The molecule has 6 heteroatoms. The van der Waals surface area contributed by atoms with Crippen molar-refractivity contribution in [3.63, 3.8) is 0 Å². The monoisotopic (exact) mass is 281 g/mol. The van der Waals surface area contributed by atoms with Gasteiger partial charge in [-0.05, 0) is 55.8 Å². The summed E-state index contributed by atoms with van der Waals surface area (Å²) >= 11 is 1.38. The number of aromatic nitrogens is 3. The summed E-state index contributed by atoms with van der Waals surface area (Å²) < 4.78 is 15.4. The second-order valence-electron chi connectivity index (χ2n) is 4.51. The number of hydrogen-bond donors (Lipinski definition) is 1. The fourth-order valence-corrected chi connectivity index (χ4v) is 2.79. The van der Waals surface area contributed by atoms with Gasteiger partial charge in [0.05, 0.1) is 6.10 Å². The molecular formula is C13H16FN3OS. The number of rotatable bonds is 3. The molecule has 0 radical (unpaired) electrons. The van der Waals surface area contributed by atoms with Crippen molar-refractivity contribution < 1.29 is 9.50 Å². The van der Waals surface area contributed by atoms with Crippen molar-refractivity contribution in [3.8, 4) is 0 Å². The van der Waals surface area contributed by atoms with E-state index in [4.69, 9.17) is 0 Å². The highest BCUT2D eigenvalue weighted by Gasteiger charge is 2.15. The standard InChI is InChI=1S/C13H16FN3OS/c1-7-5-12(10(8(2)18)6-11(7)14)19-13-16-15-9(3)17(13)4/h5-6,8,18H,1-4H3/t8-/m0/s1. The van der Waals surface area contributed by atoms with Gasteiger partial charge in [0.1, 0.15) is 11.6 Å². The predicted octanol–water partition coefficient (Wildman–Crippen LogP) is 2.78. The van der Waals surface area contributed by atoms with Gasteiger partial charge in [0.2, 0.25) is 0 Å². The number of aliphatic hydroxyl groups is 1. The summed E-state index contributed by atoms with van der Waals surface area (Å²) in [6.07, 6.45) is -0.730. The van der Waals surface area contributed by atoms with Crippen molar-refractivity contribution in [3.05, 3.63) is 34.9 Å². The summed E-state index contributed by atoms with van der Waals surface area (Å²) in [6.45, 7) is 5.19. The van der Waals surface area contributed by atoms with Crippen LogP contribution in [0.25, 0.3) is 0 Å². The molecule has 102 valence electrons. The molecule has 1 aromatic heterocycles. The Morgan fingerprint density at radius 2 is 2.00 bits per heavy atom. The van der Waals surface area contributed by atoms with E-state index in [1.807, 2.05) is 18.5 Å². The largest absolute Gasteiger partial charge is 0.389 e. The summed E-state index contributed by atoms with van der Waals surface area (Å²) in [5, 5.41) is 18.5. The van der Waals surface area contributed by atoms with E-state index in [-0.39, 0.29) is 5.82 Å². The summed E-state index contributed by atoms with van der Waals surface area (Å²) in [4.78, 5) is 0.796. The third kappa shape index (κ3) is 2.79. The molecule has 0 amide bonds. The zero-order valence-electron chi connectivity index (χ0n) is 11.3. The van der Waals surface area contributed by atoms with Gasteiger partial charge in [-0.1, -0.05) is 0 Å². The molecule has 0 bridgehead atoms. The van der Waals surface area contributed by atoms with Crippen molar-refractivity contribution in [2.45, 2.75) is 36.9 Å². The van der Waals surface area contributed by atoms with Gasteiger partial charge in [0.15, 0.2) is 5.16 Å². The molecule has 1 N–H and O–H groups in total. The molecule has 0 aliphatic rings. The Hall–Kier alpha value is -1.40. The van der Waals surface area contributed by atoms with Crippen molar-refractivity contribution in [1.29, 1.82) is 0 Å². The Bertz CT molecular complexity index is 610. The van der Waals surface area contributed by atoms with Crippen molar-refractivity contribution >= 4 is 11.8 Å². The molecule has 2 rings (SSSR count). The molecule has 19 heavy (non-hydrogen) atoms. The minimum Gasteiger partial charge on any atom is -0.389 e. The number of benzene rings is 1. The molecule has 0 aliphatic heterocycles. The first-order valence-corrected chi connectivity index (χ1v) is 6.73. The Labute approximate surface area is 115 Å². The lowest BCUT2D eigenvalue weighted by molar-refractivity contribution is 0.196. The fourth-order valence-electron chi connectivity index (χ4n) is 1.66. The molecule has 2 aromatic rings. The van der Waals surface area contributed by atoms with Crippen LogP contribution in [0.5, 0.6) is 0 Å². The average Bonchev–Trinajstić information content (AvgIpc) is 2.65. The molecular weight excluding hydrogens is 265 g/mol. The van der Waals surface area contributed by atoms with Gasteiger partial charge in [-0.15, -0.1) is 10.2 Å². The maximum Gasteiger partial charge on any atom is 0.195 e. The molecule has 1 aromatic carbocycles. The van der Waals surface area contributed by atoms with E-state index in [0.29, 0.717) is 16.3 Å². The first-order valence-electron chi connectivity index (χ1n) is 5.92. The highest BCUT2D eigenvalue weighted by Crippen LogP contribution is 2.34. The number of aliphatic hydroxyl groups excluding tert-OH is 1. The lowest BCUT2D eigenvalue weighted by Crippen LogP contribution is -1.99. The van der Waals surface area contributed by atoms with Crippen LogP contribution in [0.4, 0.5) is 4.39 Å². The van der Waals surface area contributed by atoms with Crippen LogP contribution in [-0.2, 0) is 7.05 Å². The Kier molecular flexibility index (Phi) is 3.91. The molecule has 0 aliphatic carbocycles. The van der Waals surface area contributed by atoms with Crippen LogP contribution in [0.3, 0.4) is 0 Å². The van der Waals surface area contributed by atoms with Crippen LogP contribution < -0.4 is 0 Å². The second kappa shape index (κ2) is 5.30. The first kappa shape index (κ1) is 14.0. The van der Waals surface area contributed by atoms with E-state index in [0.717, 1.165) is 10.7 Å². The van der Waals surface area contributed by atoms with E-state index >= 15 is 0 Å². The topological polar surface area (TPSA) is 50.9 Å². The van der Waals surface area contributed by atoms with Crippen LogP contribution in [0.1, 0.15) is 30.0 Å². The van der Waals surface area contributed by atoms with E-state index in [1.165, 1.54) is 17.8 Å². The maximum atomic E-state index is 13.6. The summed E-state index contributed by atoms with van der Waals surface area (Å²) in [7, 11) is 1.87. The van der Waals surface area contributed by atoms with E-state index in [1.54, 1.807) is 19.9 Å². The molecule has 4 nitrogen and oxygen atoms in total. The minimum absolute atomic E-state index is 0.311. The number of halogens is 1. The quantitative estimate of drug-likeness (QED) is 0.940. The molecule has 0 unspecified atom stereocenters. The third-order valence-corrected chi connectivity index (χ3v) is 4.11. The first-order chi connectivity index (χ1) is 8.90. The Morgan fingerprint density at radius 1 is 1.32 bits per heavy atom. The van der Waals surface area contributed by atoms with E-state index in [2.05, 4.69) is 10.2 Å². The Balaban J connectivity index is 2.44. The summed E-state index contributed by atoms with van der Waals surface area (Å²) in [5.41, 5.74) is 1.11. The van der Waals surface area contributed by atoms with Crippen molar-refractivity contribution in [2.75, 3.05) is 0 Å². The predicted molar refractivity (Wildman–Crippen MR) is 71.6 cm³/mol. The molecule has 1 atom stereocenters. The second-order valence-corrected chi connectivity index (χ2v) is 5.52. The summed E-state index contributed by atoms with van der Waals surface area (Å²) in [5.74, 6) is 0.495. The zero-order chi connectivity index (χ0) is 14.2. The number of aryl methyl sites for hydroxylation is 2. The van der Waals surface area contributed by atoms with Crippen LogP contribution in [-0.4, -0.2) is 19.9 Å². The smallest absolute Gasteiger partial charge is 0.195 e. The van der Waals surface area contributed by atoms with Gasteiger partial charge in [-0.2, -0.15) is 0 Å². The van der Waals surface area contributed by atoms with Crippen LogP contribution in [0, 0.1) is 19.7 Å². The molecule has 1 heterocycles. The maximum absolute atomic E-state index is 13.6.